The molecule has 0 amide bonds. The van der Waals surface area contributed by atoms with Crippen LogP contribution in [0.15, 0.2) is 0 Å². The largest absolute Gasteiger partial charge is 0.386 e. The monoisotopic (exact) mass is 179 g/mol. The van der Waals surface area contributed by atoms with E-state index in [-0.39, 0.29) is 0 Å². The maximum atomic E-state index is 5.11. The summed E-state index contributed by atoms with van der Waals surface area (Å²) in [5.74, 6) is 0. The van der Waals surface area contributed by atoms with Gasteiger partial charge >= 0.3 is 0 Å². The van der Waals surface area contributed by atoms with Crippen LogP contribution in [0.25, 0.3) is 0 Å². The van der Waals surface area contributed by atoms with Crippen molar-refractivity contribution < 1.29 is 14.4 Å². The molecule has 0 aliphatic carbocycles. The molecule has 0 aliphatic rings. The van der Waals surface area contributed by atoms with Crippen LogP contribution in [-0.2, 0) is 14.4 Å². The lowest BCUT2D eigenvalue weighted by molar-refractivity contribution is -0.343. The van der Waals surface area contributed by atoms with Crippen molar-refractivity contribution in [1.29, 1.82) is 0 Å². The average Bonchev–Trinajstić information content (AvgIpc) is 2.06. The number of hydroxylamine groups is 2. The van der Waals surface area contributed by atoms with E-state index in [0.717, 1.165) is 23.2 Å². The van der Waals surface area contributed by atoms with Crippen LogP contribution < -0.4 is 0 Å². The zero-order valence-electron chi connectivity index (χ0n) is 7.66. The first kappa shape index (κ1) is 11.1. The van der Waals surface area contributed by atoms with E-state index < -0.39 is 0 Å². The van der Waals surface area contributed by atoms with Gasteiger partial charge in [0.1, 0.15) is 0 Å². The Kier molecular flexibility index (Phi) is 6.78. The predicted molar refractivity (Wildman–Crippen MR) is 46.1 cm³/mol. The summed E-state index contributed by atoms with van der Waals surface area (Å²) in [5, 5.41) is 1.43. The molecule has 1 unspecified atom stereocenters. The summed E-state index contributed by atoms with van der Waals surface area (Å²) < 4.78 is 5.11. The van der Waals surface area contributed by atoms with Crippen molar-refractivity contribution in [2.24, 2.45) is 0 Å². The van der Waals surface area contributed by atoms with Crippen LogP contribution >= 0.6 is 0 Å². The molecule has 68 valence electrons. The van der Waals surface area contributed by atoms with E-state index in [1.807, 2.05) is 0 Å². The second-order valence-electron chi connectivity index (χ2n) is 2.26. The van der Waals surface area contributed by atoms with Crippen LogP contribution in [0.1, 0.15) is 6.42 Å². The lowest BCUT2D eigenvalue weighted by Crippen LogP contribution is -2.26. The van der Waals surface area contributed by atoms with E-state index in [1.165, 1.54) is 5.23 Å². The van der Waals surface area contributed by atoms with Gasteiger partial charge in [0.15, 0.2) is 0 Å². The molecule has 0 aromatic heterocycles. The van der Waals surface area contributed by atoms with Crippen molar-refractivity contribution in [3.05, 3.63) is 0 Å². The van der Waals surface area contributed by atoms with E-state index in [0.29, 0.717) is 5.73 Å². The van der Waals surface area contributed by atoms with Gasteiger partial charge in [0.25, 0.3) is 0 Å². The summed E-state index contributed by atoms with van der Waals surface area (Å²) >= 11 is 0. The summed E-state index contributed by atoms with van der Waals surface area (Å²) in [6.45, 7) is 0.745. The maximum absolute atomic E-state index is 5.11. The van der Waals surface area contributed by atoms with Gasteiger partial charge in [-0.25, -0.2) is 0 Å². The third-order valence-electron chi connectivity index (χ3n) is 1.53. The van der Waals surface area contributed by atoms with Gasteiger partial charge in [0.05, 0.1) is 20.8 Å². The molecular formula is C6H17NO3Si. The van der Waals surface area contributed by atoms with Gasteiger partial charge in [-0.05, 0) is 6.42 Å². The van der Waals surface area contributed by atoms with Crippen LogP contribution in [0, 0.1) is 0 Å². The molecule has 0 saturated heterocycles. The van der Waals surface area contributed by atoms with Gasteiger partial charge in [-0.1, -0.05) is 5.23 Å². The molecule has 0 rings (SSSR count). The molecule has 0 fully saturated rings. The Bertz CT molecular complexity index is 89.9. The van der Waals surface area contributed by atoms with Gasteiger partial charge in [-0.15, -0.1) is 0 Å². The van der Waals surface area contributed by atoms with Crippen molar-refractivity contribution in [3.63, 3.8) is 0 Å². The van der Waals surface area contributed by atoms with Gasteiger partial charge in [-0.3, -0.25) is 9.68 Å². The number of rotatable bonds is 6. The third kappa shape index (κ3) is 5.34. The molecule has 0 saturated carbocycles. The zero-order valence-corrected chi connectivity index (χ0v) is 9.66. The summed E-state index contributed by atoms with van der Waals surface area (Å²) in [5.41, 5.74) is 0.378. The van der Waals surface area contributed by atoms with E-state index >= 15 is 0 Å². The van der Waals surface area contributed by atoms with Gasteiger partial charge in [0.2, 0.25) is 0 Å². The highest BCUT2D eigenvalue weighted by atomic mass is 28.1. The number of hydrogen-bond donors (Lipinski definition) is 0. The first-order chi connectivity index (χ1) is 5.24. The highest BCUT2D eigenvalue weighted by molar-refractivity contribution is 6.10. The molecule has 0 heterocycles. The second kappa shape index (κ2) is 6.75. The Morgan fingerprint density at radius 1 is 1.27 bits per heavy atom. The molecule has 1 atom stereocenters. The predicted octanol–water partition coefficient (Wildman–Crippen LogP) is -0.861. The highest BCUT2D eigenvalue weighted by Gasteiger charge is 2.04. The summed E-state index contributed by atoms with van der Waals surface area (Å²) in [4.78, 5) is 9.73. The minimum atomic E-state index is 0.378. The Morgan fingerprint density at radius 2 is 1.82 bits per heavy atom. The molecular weight excluding hydrogens is 162 g/mol. The number of nitrogens with zero attached hydrogens (tertiary/aromatic N) is 1. The Hall–Kier alpha value is 0.0569. The molecule has 11 heavy (non-hydrogen) atoms. The lowest BCUT2D eigenvalue weighted by atomic mass is 10.4. The Morgan fingerprint density at radius 3 is 2.18 bits per heavy atom. The van der Waals surface area contributed by atoms with Gasteiger partial charge in [0, 0.05) is 23.1 Å². The Balaban J connectivity index is 3.34. The smallest absolute Gasteiger partial charge is 0.0601 e. The number of methoxy groups -OCH3 is 1. The number of hydrogen-bond acceptors (Lipinski definition) is 4. The molecule has 0 aromatic rings. The lowest BCUT2D eigenvalue weighted by Gasteiger charge is -2.17. The van der Waals surface area contributed by atoms with Crippen molar-refractivity contribution in [3.8, 4) is 0 Å². The summed E-state index contributed by atoms with van der Waals surface area (Å²) in [7, 11) is 5.93. The molecule has 0 bridgehead atoms. The quantitative estimate of drug-likeness (QED) is 0.392. The van der Waals surface area contributed by atoms with Crippen LogP contribution in [0.5, 0.6) is 0 Å². The molecule has 0 radical (unpaired) electrons. The molecule has 4 nitrogen and oxygen atoms in total. The maximum Gasteiger partial charge on any atom is 0.0601 e. The SMILES string of the molecule is COC([SiH3])CCN(OC)OC. The van der Waals surface area contributed by atoms with Crippen LogP contribution in [0.2, 0.25) is 0 Å². The minimum Gasteiger partial charge on any atom is -0.386 e. The third-order valence-corrected chi connectivity index (χ3v) is 2.58. The summed E-state index contributed by atoms with van der Waals surface area (Å²) in [6, 6.07) is 0. The fourth-order valence-electron chi connectivity index (χ4n) is 0.662. The normalized spacial score (nSPS) is 14.2. The highest BCUT2D eigenvalue weighted by Crippen LogP contribution is 1.96. The Labute approximate surface area is 70.7 Å². The first-order valence-corrected chi connectivity index (χ1v) is 4.78. The summed E-state index contributed by atoms with van der Waals surface area (Å²) in [6.07, 6.45) is 0.949. The van der Waals surface area contributed by atoms with E-state index in [4.69, 9.17) is 14.4 Å². The zero-order chi connectivity index (χ0) is 8.69. The topological polar surface area (TPSA) is 30.9 Å². The van der Waals surface area contributed by atoms with E-state index in [2.05, 4.69) is 0 Å². The molecule has 0 N–H and O–H groups in total. The second-order valence-corrected chi connectivity index (χ2v) is 3.54. The minimum absolute atomic E-state index is 0.378. The molecule has 5 heteroatoms. The van der Waals surface area contributed by atoms with Crippen LogP contribution in [-0.4, -0.2) is 49.1 Å². The van der Waals surface area contributed by atoms with Crippen LogP contribution in [0.3, 0.4) is 0 Å². The molecule has 0 aliphatic heterocycles. The van der Waals surface area contributed by atoms with Crippen molar-refractivity contribution in [1.82, 2.24) is 5.23 Å². The van der Waals surface area contributed by atoms with Gasteiger partial charge < -0.3 is 4.74 Å². The molecule has 0 spiro atoms. The average molecular weight is 179 g/mol. The standard InChI is InChI=1S/C6H17NO3Si/c1-8-6(11)4-5-7(9-2)10-3/h6H,4-5H2,1-3,11H3. The fraction of sp³-hybridized carbons (Fsp3) is 1.00. The van der Waals surface area contributed by atoms with E-state index in [1.54, 1.807) is 21.3 Å². The van der Waals surface area contributed by atoms with Crippen LogP contribution in [0.4, 0.5) is 0 Å². The molecule has 0 aromatic carbocycles. The van der Waals surface area contributed by atoms with Crippen molar-refractivity contribution in [2.75, 3.05) is 27.9 Å². The van der Waals surface area contributed by atoms with Crippen molar-refractivity contribution in [2.45, 2.75) is 12.1 Å². The van der Waals surface area contributed by atoms with Gasteiger partial charge in [-0.2, -0.15) is 0 Å². The van der Waals surface area contributed by atoms with Crippen molar-refractivity contribution >= 4 is 10.2 Å². The first-order valence-electron chi connectivity index (χ1n) is 3.63. The fourth-order valence-corrected chi connectivity index (χ4v) is 0.920. The number of ether oxygens (including phenoxy) is 1. The van der Waals surface area contributed by atoms with E-state index in [9.17, 15) is 0 Å².